The van der Waals surface area contributed by atoms with Crippen LogP contribution in [0.2, 0.25) is 0 Å². The average molecular weight is 305 g/mol. The van der Waals surface area contributed by atoms with Gasteiger partial charge in [-0.15, -0.1) is 24.2 Å². The van der Waals surface area contributed by atoms with E-state index >= 15 is 0 Å². The van der Waals surface area contributed by atoms with Gasteiger partial charge in [-0.3, -0.25) is 4.79 Å². The molecular formula is C13H21ClN2O2S. The number of thioether (sulfide) groups is 1. The quantitative estimate of drug-likeness (QED) is 0.593. The second kappa shape index (κ2) is 10.1. The summed E-state index contributed by atoms with van der Waals surface area (Å²) in [4.78, 5) is 12.7. The zero-order valence-corrected chi connectivity index (χ0v) is 12.9. The number of methoxy groups -OCH3 is 1. The van der Waals surface area contributed by atoms with E-state index in [2.05, 4.69) is 36.5 Å². The summed E-state index contributed by atoms with van der Waals surface area (Å²) in [6.45, 7) is 2.91. The Morgan fingerprint density at radius 3 is 2.63 bits per heavy atom. The van der Waals surface area contributed by atoms with Crippen molar-refractivity contribution in [3.8, 4) is 0 Å². The second-order valence-corrected chi connectivity index (χ2v) is 5.18. The van der Waals surface area contributed by atoms with Crippen LogP contribution in [0.3, 0.4) is 0 Å². The lowest BCUT2D eigenvalue weighted by Gasteiger charge is -2.10. The van der Waals surface area contributed by atoms with Crippen molar-refractivity contribution in [2.24, 2.45) is 5.73 Å². The Hall–Kier alpha value is -0.750. The highest BCUT2D eigenvalue weighted by Crippen LogP contribution is 2.17. The Kier molecular flexibility index (Phi) is 9.69. The molecule has 1 atom stereocenters. The lowest BCUT2D eigenvalue weighted by atomic mass is 10.2. The van der Waals surface area contributed by atoms with Crippen molar-refractivity contribution >= 4 is 30.1 Å². The molecule has 1 aromatic carbocycles. The fraction of sp³-hybridized carbons (Fsp3) is 0.462. The number of nitrogens with one attached hydrogen (secondary N) is 1. The first-order chi connectivity index (χ1) is 8.63. The van der Waals surface area contributed by atoms with Gasteiger partial charge in [0.2, 0.25) is 5.91 Å². The predicted molar refractivity (Wildman–Crippen MR) is 82.0 cm³/mol. The third-order valence-corrected chi connectivity index (χ3v) is 3.39. The average Bonchev–Trinajstić information content (AvgIpc) is 2.36. The van der Waals surface area contributed by atoms with Crippen LogP contribution in [-0.2, 0) is 9.53 Å². The zero-order chi connectivity index (χ0) is 13.4. The Morgan fingerprint density at radius 2 is 2.05 bits per heavy atom. The lowest BCUT2D eigenvalue weighted by molar-refractivity contribution is -0.123. The molecule has 0 heterocycles. The van der Waals surface area contributed by atoms with Crippen LogP contribution in [0.5, 0.6) is 0 Å². The van der Waals surface area contributed by atoms with Gasteiger partial charge in [0.15, 0.2) is 0 Å². The van der Waals surface area contributed by atoms with E-state index in [9.17, 15) is 4.79 Å². The molecule has 3 N–H and O–H groups in total. The molecule has 1 rings (SSSR count). The number of hydrogen-bond donors (Lipinski definition) is 2. The Bertz CT molecular complexity index is 373. The highest BCUT2D eigenvalue weighted by Gasteiger charge is 2.11. The molecule has 1 unspecified atom stereocenters. The summed E-state index contributed by atoms with van der Waals surface area (Å²) in [5.74, 6) is 0.662. The van der Waals surface area contributed by atoms with Gasteiger partial charge in [0.1, 0.15) is 6.04 Å². The first-order valence-corrected chi connectivity index (χ1v) is 6.83. The standard InChI is InChI=1S/C13H20N2O2S.ClH/c1-10-3-5-11(6-4-10)18-8-7-15-13(16)12(14)9-17-2;/h3-6,12H,7-9,14H2,1-2H3,(H,15,16);1H. The number of carbonyl (C=O) groups is 1. The van der Waals surface area contributed by atoms with Crippen LogP contribution in [-0.4, -0.2) is 38.0 Å². The molecule has 0 saturated heterocycles. The molecule has 19 heavy (non-hydrogen) atoms. The fourth-order valence-corrected chi connectivity index (χ4v) is 2.13. The Balaban J connectivity index is 0.00000324. The van der Waals surface area contributed by atoms with Gasteiger partial charge < -0.3 is 15.8 Å². The molecule has 0 bridgehead atoms. The van der Waals surface area contributed by atoms with Crippen molar-refractivity contribution in [1.82, 2.24) is 5.32 Å². The third-order valence-electron chi connectivity index (χ3n) is 2.37. The summed E-state index contributed by atoms with van der Waals surface area (Å²) in [6.07, 6.45) is 0. The third kappa shape index (κ3) is 7.42. The van der Waals surface area contributed by atoms with Gasteiger partial charge in [-0.1, -0.05) is 17.7 Å². The second-order valence-electron chi connectivity index (χ2n) is 4.01. The number of amides is 1. The van der Waals surface area contributed by atoms with E-state index < -0.39 is 6.04 Å². The van der Waals surface area contributed by atoms with Gasteiger partial charge in [0.05, 0.1) is 6.61 Å². The van der Waals surface area contributed by atoms with E-state index in [0.717, 1.165) is 5.75 Å². The van der Waals surface area contributed by atoms with E-state index in [1.807, 2.05) is 0 Å². The van der Waals surface area contributed by atoms with E-state index in [1.54, 1.807) is 11.8 Å². The number of carbonyl (C=O) groups excluding carboxylic acids is 1. The van der Waals surface area contributed by atoms with Crippen LogP contribution < -0.4 is 11.1 Å². The van der Waals surface area contributed by atoms with Crippen molar-refractivity contribution in [2.45, 2.75) is 17.9 Å². The van der Waals surface area contributed by atoms with E-state index in [-0.39, 0.29) is 24.9 Å². The molecule has 0 radical (unpaired) electrons. The van der Waals surface area contributed by atoms with Crippen LogP contribution in [0.15, 0.2) is 29.2 Å². The molecule has 0 fully saturated rings. The Morgan fingerprint density at radius 1 is 1.42 bits per heavy atom. The number of benzene rings is 1. The van der Waals surface area contributed by atoms with Crippen LogP contribution in [0.1, 0.15) is 5.56 Å². The molecule has 108 valence electrons. The van der Waals surface area contributed by atoms with Crippen molar-refractivity contribution in [3.05, 3.63) is 29.8 Å². The van der Waals surface area contributed by atoms with Gasteiger partial charge in [-0.2, -0.15) is 0 Å². The van der Waals surface area contributed by atoms with Gasteiger partial charge in [0, 0.05) is 24.3 Å². The molecule has 4 nitrogen and oxygen atoms in total. The van der Waals surface area contributed by atoms with Crippen molar-refractivity contribution < 1.29 is 9.53 Å². The number of aryl methyl sites for hydroxylation is 1. The van der Waals surface area contributed by atoms with Crippen molar-refractivity contribution in [2.75, 3.05) is 26.0 Å². The zero-order valence-electron chi connectivity index (χ0n) is 11.2. The molecule has 0 aromatic heterocycles. The van der Waals surface area contributed by atoms with Gasteiger partial charge >= 0.3 is 0 Å². The largest absolute Gasteiger partial charge is 0.383 e. The van der Waals surface area contributed by atoms with Crippen LogP contribution >= 0.6 is 24.2 Å². The van der Waals surface area contributed by atoms with Gasteiger partial charge in [0.25, 0.3) is 0 Å². The minimum atomic E-state index is -0.584. The number of nitrogens with two attached hydrogens (primary N) is 1. The molecule has 6 heteroatoms. The molecule has 0 aliphatic rings. The summed E-state index contributed by atoms with van der Waals surface area (Å²) in [6, 6.07) is 7.74. The SMILES string of the molecule is COCC(N)C(=O)NCCSc1ccc(C)cc1.Cl. The summed E-state index contributed by atoms with van der Waals surface area (Å²) in [5, 5.41) is 2.78. The predicted octanol–water partition coefficient (Wildman–Crippen LogP) is 1.60. The highest BCUT2D eigenvalue weighted by molar-refractivity contribution is 7.99. The monoisotopic (exact) mass is 304 g/mol. The molecule has 0 aliphatic carbocycles. The molecule has 1 aromatic rings. The Labute approximate surface area is 124 Å². The molecule has 0 aliphatic heterocycles. The summed E-state index contributed by atoms with van der Waals surface area (Å²) < 4.78 is 4.82. The molecule has 1 amide bonds. The molecule has 0 spiro atoms. The maximum Gasteiger partial charge on any atom is 0.239 e. The normalized spacial score (nSPS) is 11.5. The summed E-state index contributed by atoms with van der Waals surface area (Å²) in [5.41, 5.74) is 6.84. The lowest BCUT2D eigenvalue weighted by Crippen LogP contribution is -2.44. The molecular weight excluding hydrogens is 284 g/mol. The first-order valence-electron chi connectivity index (χ1n) is 5.85. The van der Waals surface area contributed by atoms with E-state index in [4.69, 9.17) is 10.5 Å². The van der Waals surface area contributed by atoms with Crippen molar-refractivity contribution in [1.29, 1.82) is 0 Å². The molecule has 0 saturated carbocycles. The van der Waals surface area contributed by atoms with Gasteiger partial charge in [-0.25, -0.2) is 0 Å². The number of halogens is 1. The van der Waals surface area contributed by atoms with Crippen molar-refractivity contribution in [3.63, 3.8) is 0 Å². The smallest absolute Gasteiger partial charge is 0.239 e. The minimum Gasteiger partial charge on any atom is -0.383 e. The van der Waals surface area contributed by atoms with Crippen LogP contribution in [0.25, 0.3) is 0 Å². The fourth-order valence-electron chi connectivity index (χ4n) is 1.36. The summed E-state index contributed by atoms with van der Waals surface area (Å²) in [7, 11) is 1.53. The van der Waals surface area contributed by atoms with Gasteiger partial charge in [-0.05, 0) is 19.1 Å². The highest BCUT2D eigenvalue weighted by atomic mass is 35.5. The first kappa shape index (κ1) is 18.2. The topological polar surface area (TPSA) is 64.3 Å². The van der Waals surface area contributed by atoms with E-state index in [1.165, 1.54) is 17.6 Å². The summed E-state index contributed by atoms with van der Waals surface area (Å²) >= 11 is 1.71. The number of rotatable bonds is 7. The minimum absolute atomic E-state index is 0. The number of hydrogen-bond acceptors (Lipinski definition) is 4. The maximum atomic E-state index is 11.5. The van der Waals surface area contributed by atoms with Crippen LogP contribution in [0.4, 0.5) is 0 Å². The van der Waals surface area contributed by atoms with E-state index in [0.29, 0.717) is 6.54 Å². The maximum absolute atomic E-state index is 11.5. The van der Waals surface area contributed by atoms with Crippen LogP contribution in [0, 0.1) is 6.92 Å². The number of ether oxygens (including phenoxy) is 1.